The lowest BCUT2D eigenvalue weighted by Gasteiger charge is -1.77. The van der Waals surface area contributed by atoms with E-state index >= 15 is 0 Å². The fraction of sp³-hybridized carbons (Fsp3) is 0.429. The van der Waals surface area contributed by atoms with Crippen LogP contribution in [-0.4, -0.2) is 20.3 Å². The van der Waals surface area contributed by atoms with Gasteiger partial charge in [-0.1, -0.05) is 30.3 Å². The number of hydrogen-bond donors (Lipinski definition) is 0. The smallest absolute Gasteiger partial charge is 0.288 e. The highest BCUT2D eigenvalue weighted by Gasteiger charge is 2.08. The van der Waals surface area contributed by atoms with Gasteiger partial charge in [0.2, 0.25) is 5.01 Å². The first-order chi connectivity index (χ1) is 6.36. The second kappa shape index (κ2) is 4.66. The minimum Gasteiger partial charge on any atom is -0.331 e. The van der Waals surface area contributed by atoms with Crippen LogP contribution >= 0.6 is 11.3 Å². The van der Waals surface area contributed by atoms with Crippen LogP contribution in [0.2, 0.25) is 0 Å². The van der Waals surface area contributed by atoms with E-state index in [0.29, 0.717) is 16.7 Å². The summed E-state index contributed by atoms with van der Waals surface area (Å²) in [5.41, 5.74) is 1.62. The fourth-order valence-electron chi connectivity index (χ4n) is 0.650. The van der Waals surface area contributed by atoms with E-state index in [-0.39, 0.29) is 0 Å². The van der Waals surface area contributed by atoms with Gasteiger partial charge in [-0.15, -0.1) is 10.2 Å². The molecule has 0 bridgehead atoms. The molecule has 6 heteroatoms. The van der Waals surface area contributed by atoms with Crippen molar-refractivity contribution in [2.45, 2.75) is 20.8 Å². The van der Waals surface area contributed by atoms with E-state index in [4.69, 9.17) is 4.52 Å². The fourth-order valence-corrected chi connectivity index (χ4v) is 1.12. The average molecular weight is 198 g/mol. The Morgan fingerprint density at radius 2 is 2.15 bits per heavy atom. The van der Waals surface area contributed by atoms with Gasteiger partial charge in [-0.3, -0.25) is 0 Å². The number of aryl methyl sites for hydroxylation is 1. The molecule has 0 N–H and O–H groups in total. The lowest BCUT2D eigenvalue weighted by molar-refractivity contribution is 0.425. The van der Waals surface area contributed by atoms with Crippen molar-refractivity contribution in [1.82, 2.24) is 20.3 Å². The maximum atomic E-state index is 4.86. The molecule has 0 unspecified atom stereocenters. The molecule has 0 radical (unpaired) electrons. The summed E-state index contributed by atoms with van der Waals surface area (Å²) in [5, 5.41) is 11.7. The van der Waals surface area contributed by atoms with E-state index in [2.05, 4.69) is 20.3 Å². The van der Waals surface area contributed by atoms with Crippen molar-refractivity contribution in [3.8, 4) is 10.9 Å². The summed E-state index contributed by atoms with van der Waals surface area (Å²) in [7, 11) is 0. The van der Waals surface area contributed by atoms with Crippen molar-refractivity contribution in [1.29, 1.82) is 0 Å². The molecule has 70 valence electrons. The molecule has 0 aromatic carbocycles. The van der Waals surface area contributed by atoms with Gasteiger partial charge in [0.05, 0.1) is 0 Å². The molecule has 0 fully saturated rings. The molecule has 2 heterocycles. The van der Waals surface area contributed by atoms with Crippen molar-refractivity contribution in [2.24, 2.45) is 0 Å². The molecule has 2 aromatic rings. The molecule has 0 aliphatic heterocycles. The zero-order valence-electron chi connectivity index (χ0n) is 7.68. The van der Waals surface area contributed by atoms with Crippen LogP contribution in [0, 0.1) is 6.92 Å². The Hall–Kier alpha value is -1.30. The quantitative estimate of drug-likeness (QED) is 0.700. The third kappa shape index (κ3) is 2.32. The van der Waals surface area contributed by atoms with Crippen LogP contribution in [-0.2, 0) is 0 Å². The number of rotatable bonds is 1. The topological polar surface area (TPSA) is 64.7 Å². The van der Waals surface area contributed by atoms with Crippen molar-refractivity contribution in [3.63, 3.8) is 0 Å². The predicted molar refractivity (Wildman–Crippen MR) is 49.3 cm³/mol. The van der Waals surface area contributed by atoms with E-state index in [1.807, 2.05) is 13.8 Å². The summed E-state index contributed by atoms with van der Waals surface area (Å²) in [6.07, 6.45) is 0. The Morgan fingerprint density at radius 3 is 2.62 bits per heavy atom. The first kappa shape index (κ1) is 9.79. The summed E-state index contributed by atoms with van der Waals surface area (Å²) in [6, 6.07) is 0. The molecule has 2 rings (SSSR count). The molecule has 0 aliphatic rings. The largest absolute Gasteiger partial charge is 0.331 e. The van der Waals surface area contributed by atoms with Crippen LogP contribution in [0.4, 0.5) is 0 Å². The van der Waals surface area contributed by atoms with E-state index < -0.39 is 0 Å². The van der Waals surface area contributed by atoms with E-state index in [1.54, 1.807) is 12.4 Å². The maximum absolute atomic E-state index is 4.86. The second-order valence-corrected chi connectivity index (χ2v) is 2.72. The van der Waals surface area contributed by atoms with Crippen LogP contribution in [0.15, 0.2) is 10.0 Å². The van der Waals surface area contributed by atoms with Gasteiger partial charge in [0.25, 0.3) is 5.89 Å². The Labute approximate surface area is 79.8 Å². The van der Waals surface area contributed by atoms with Crippen molar-refractivity contribution < 1.29 is 4.52 Å². The van der Waals surface area contributed by atoms with E-state index in [0.717, 1.165) is 0 Å². The normalized spacial score (nSPS) is 9.15. The van der Waals surface area contributed by atoms with Crippen LogP contribution in [0.3, 0.4) is 0 Å². The molecular formula is C7H10N4OS. The lowest BCUT2D eigenvalue weighted by Crippen LogP contribution is -1.76. The molecule has 0 saturated carbocycles. The molecule has 0 aliphatic carbocycles. The zero-order chi connectivity index (χ0) is 9.68. The highest BCUT2D eigenvalue weighted by atomic mass is 32.1. The maximum Gasteiger partial charge on any atom is 0.288 e. The summed E-state index contributed by atoms with van der Waals surface area (Å²) >= 11 is 1.37. The van der Waals surface area contributed by atoms with Crippen molar-refractivity contribution >= 4 is 11.3 Å². The molecule has 0 amide bonds. The standard InChI is InChI=1S/C5H4N4OS.C2H6/c1-3-7-4(10-9-3)5-8-6-2-11-5;1-2/h2H,1H3;1-2H3. The summed E-state index contributed by atoms with van der Waals surface area (Å²) < 4.78 is 4.86. The van der Waals surface area contributed by atoms with Crippen molar-refractivity contribution in [3.05, 3.63) is 11.3 Å². The third-order valence-corrected chi connectivity index (χ3v) is 1.75. The van der Waals surface area contributed by atoms with Gasteiger partial charge in [-0.25, -0.2) is 0 Å². The molecule has 2 aromatic heterocycles. The average Bonchev–Trinajstić information content (AvgIpc) is 2.77. The van der Waals surface area contributed by atoms with Gasteiger partial charge in [-0.05, 0) is 6.92 Å². The summed E-state index contributed by atoms with van der Waals surface area (Å²) in [5.74, 6) is 1.04. The molecule has 0 spiro atoms. The Morgan fingerprint density at radius 1 is 1.38 bits per heavy atom. The van der Waals surface area contributed by atoms with Crippen LogP contribution < -0.4 is 0 Å². The molecule has 0 saturated heterocycles. The van der Waals surface area contributed by atoms with Gasteiger partial charge >= 0.3 is 0 Å². The Bertz CT molecular complexity index is 343. The molecule has 5 nitrogen and oxygen atoms in total. The summed E-state index contributed by atoms with van der Waals surface area (Å²) in [6.45, 7) is 5.76. The Balaban J connectivity index is 0.000000396. The SMILES string of the molecule is CC.Cc1noc(-c2nncs2)n1. The highest BCUT2D eigenvalue weighted by Crippen LogP contribution is 2.17. The third-order valence-electron chi connectivity index (χ3n) is 1.07. The first-order valence-electron chi connectivity index (χ1n) is 3.93. The predicted octanol–water partition coefficient (Wildman–Crippen LogP) is 1.92. The minimum atomic E-state index is 0.435. The van der Waals surface area contributed by atoms with E-state index in [1.165, 1.54) is 11.3 Å². The lowest BCUT2D eigenvalue weighted by atomic mass is 10.7. The van der Waals surface area contributed by atoms with Gasteiger partial charge in [0.15, 0.2) is 5.82 Å². The van der Waals surface area contributed by atoms with Crippen LogP contribution in [0.5, 0.6) is 0 Å². The second-order valence-electron chi connectivity index (χ2n) is 1.89. The van der Waals surface area contributed by atoms with Gasteiger partial charge < -0.3 is 4.52 Å². The van der Waals surface area contributed by atoms with Crippen LogP contribution in [0.25, 0.3) is 10.9 Å². The van der Waals surface area contributed by atoms with Gasteiger partial charge in [-0.2, -0.15) is 4.98 Å². The molecule has 0 atom stereocenters. The van der Waals surface area contributed by atoms with Gasteiger partial charge in [0, 0.05) is 0 Å². The minimum absolute atomic E-state index is 0.435. The number of hydrogen-bond acceptors (Lipinski definition) is 6. The zero-order valence-corrected chi connectivity index (χ0v) is 8.50. The number of nitrogens with zero attached hydrogens (tertiary/aromatic N) is 4. The molecular weight excluding hydrogens is 188 g/mol. The monoisotopic (exact) mass is 198 g/mol. The Kier molecular flexibility index (Phi) is 3.51. The number of aromatic nitrogens is 4. The summed E-state index contributed by atoms with van der Waals surface area (Å²) in [4.78, 5) is 3.98. The van der Waals surface area contributed by atoms with Crippen molar-refractivity contribution in [2.75, 3.05) is 0 Å². The first-order valence-corrected chi connectivity index (χ1v) is 4.81. The van der Waals surface area contributed by atoms with E-state index in [9.17, 15) is 0 Å². The molecule has 13 heavy (non-hydrogen) atoms. The van der Waals surface area contributed by atoms with Crippen LogP contribution in [0.1, 0.15) is 19.7 Å². The van der Waals surface area contributed by atoms with Gasteiger partial charge in [0.1, 0.15) is 5.51 Å². The highest BCUT2D eigenvalue weighted by molar-refractivity contribution is 7.12.